The van der Waals surface area contributed by atoms with Gasteiger partial charge in [0.15, 0.2) is 11.5 Å². The molecular formula is C16H14BrClO3. The third-order valence-corrected chi connectivity index (χ3v) is 4.37. The van der Waals surface area contributed by atoms with Crippen LogP contribution in [0.4, 0.5) is 0 Å². The summed E-state index contributed by atoms with van der Waals surface area (Å²) in [5, 5.41) is 11.4. The molecule has 1 unspecified atom stereocenters. The van der Waals surface area contributed by atoms with Crippen LogP contribution < -0.4 is 9.47 Å². The van der Waals surface area contributed by atoms with Gasteiger partial charge in [0.05, 0.1) is 0 Å². The van der Waals surface area contributed by atoms with Gasteiger partial charge in [0.25, 0.3) is 0 Å². The number of rotatable bonds is 2. The highest BCUT2D eigenvalue weighted by atomic mass is 79.9. The van der Waals surface area contributed by atoms with Crippen LogP contribution in [0.2, 0.25) is 5.02 Å². The van der Waals surface area contributed by atoms with Crippen LogP contribution in [0, 0.1) is 0 Å². The Morgan fingerprint density at radius 1 is 1.10 bits per heavy atom. The zero-order chi connectivity index (χ0) is 15.0. The fourth-order valence-electron chi connectivity index (χ4n) is 2.39. The number of hydrogen-bond acceptors (Lipinski definition) is 3. The quantitative estimate of drug-likeness (QED) is 0.865. The monoisotopic (exact) mass is 368 g/mol. The van der Waals surface area contributed by atoms with Crippen LogP contribution in [0.3, 0.4) is 0 Å². The molecule has 1 aliphatic rings. The Morgan fingerprint density at radius 2 is 1.81 bits per heavy atom. The molecule has 2 aromatic carbocycles. The van der Waals surface area contributed by atoms with Gasteiger partial charge >= 0.3 is 0 Å². The van der Waals surface area contributed by atoms with Gasteiger partial charge in [-0.05, 0) is 36.8 Å². The second-order valence-electron chi connectivity index (χ2n) is 5.05. The molecule has 0 bridgehead atoms. The van der Waals surface area contributed by atoms with Crippen LogP contribution >= 0.6 is 27.5 Å². The van der Waals surface area contributed by atoms with Crippen molar-refractivity contribution >= 4 is 27.5 Å². The van der Waals surface area contributed by atoms with Crippen molar-refractivity contribution in [2.45, 2.75) is 12.5 Å². The summed E-state index contributed by atoms with van der Waals surface area (Å²) in [5.41, 5.74) is 0.133. The van der Waals surface area contributed by atoms with E-state index in [0.29, 0.717) is 40.9 Å². The van der Waals surface area contributed by atoms with Crippen LogP contribution in [0.5, 0.6) is 11.5 Å². The summed E-state index contributed by atoms with van der Waals surface area (Å²) in [5.74, 6) is 1.34. The fraction of sp³-hybridized carbons (Fsp3) is 0.250. The van der Waals surface area contributed by atoms with Crippen LogP contribution in [0.15, 0.2) is 40.9 Å². The van der Waals surface area contributed by atoms with Gasteiger partial charge in [-0.3, -0.25) is 0 Å². The smallest absolute Gasteiger partial charge is 0.161 e. The van der Waals surface area contributed by atoms with Crippen molar-refractivity contribution < 1.29 is 14.6 Å². The molecule has 1 atom stereocenters. The van der Waals surface area contributed by atoms with Crippen molar-refractivity contribution in [3.63, 3.8) is 0 Å². The highest BCUT2D eigenvalue weighted by Crippen LogP contribution is 2.39. The SMILES string of the molecule is CC(O)(c1ccc2c(c1)OCCO2)c1ccc(Br)cc1Cl. The van der Waals surface area contributed by atoms with Crippen molar-refractivity contribution in [2.24, 2.45) is 0 Å². The van der Waals surface area contributed by atoms with Gasteiger partial charge in [0.1, 0.15) is 18.8 Å². The third kappa shape index (κ3) is 2.76. The average molecular weight is 370 g/mol. The molecule has 3 rings (SSSR count). The fourth-order valence-corrected chi connectivity index (χ4v) is 3.24. The lowest BCUT2D eigenvalue weighted by atomic mass is 9.88. The van der Waals surface area contributed by atoms with Gasteiger partial charge in [-0.25, -0.2) is 0 Å². The van der Waals surface area contributed by atoms with Crippen molar-refractivity contribution in [1.82, 2.24) is 0 Å². The lowest BCUT2D eigenvalue weighted by molar-refractivity contribution is 0.101. The topological polar surface area (TPSA) is 38.7 Å². The molecule has 0 saturated carbocycles. The van der Waals surface area contributed by atoms with Gasteiger partial charge in [-0.15, -0.1) is 0 Å². The van der Waals surface area contributed by atoms with E-state index in [4.69, 9.17) is 21.1 Å². The summed E-state index contributed by atoms with van der Waals surface area (Å²) in [4.78, 5) is 0. The van der Waals surface area contributed by atoms with Crippen LogP contribution in [-0.2, 0) is 5.60 Å². The van der Waals surface area contributed by atoms with Gasteiger partial charge < -0.3 is 14.6 Å². The van der Waals surface area contributed by atoms with E-state index in [0.717, 1.165) is 4.47 Å². The van der Waals surface area contributed by atoms with Crippen LogP contribution in [-0.4, -0.2) is 18.3 Å². The van der Waals surface area contributed by atoms with E-state index in [1.165, 1.54) is 0 Å². The van der Waals surface area contributed by atoms with Crippen molar-refractivity contribution in [1.29, 1.82) is 0 Å². The molecule has 1 heterocycles. The molecule has 2 aromatic rings. The lowest BCUT2D eigenvalue weighted by Gasteiger charge is -2.27. The molecule has 5 heteroatoms. The Bertz CT molecular complexity index is 685. The number of aliphatic hydroxyl groups is 1. The Balaban J connectivity index is 2.05. The van der Waals surface area contributed by atoms with Crippen LogP contribution in [0.1, 0.15) is 18.1 Å². The summed E-state index contributed by atoms with van der Waals surface area (Å²) < 4.78 is 11.9. The van der Waals surface area contributed by atoms with Crippen LogP contribution in [0.25, 0.3) is 0 Å². The molecule has 110 valence electrons. The molecule has 1 aliphatic heterocycles. The molecule has 0 aromatic heterocycles. The van der Waals surface area contributed by atoms with Gasteiger partial charge in [-0.2, -0.15) is 0 Å². The van der Waals surface area contributed by atoms with Gasteiger partial charge in [-0.1, -0.05) is 39.7 Å². The second-order valence-corrected chi connectivity index (χ2v) is 6.38. The van der Waals surface area contributed by atoms with Gasteiger partial charge in [0.2, 0.25) is 0 Å². The predicted octanol–water partition coefficient (Wildman–Crippen LogP) is 4.13. The largest absolute Gasteiger partial charge is 0.486 e. The molecule has 0 aliphatic carbocycles. The van der Waals surface area contributed by atoms with E-state index in [1.807, 2.05) is 24.3 Å². The van der Waals surface area contributed by atoms with E-state index in [-0.39, 0.29) is 0 Å². The Kier molecular flexibility index (Phi) is 3.86. The molecule has 21 heavy (non-hydrogen) atoms. The predicted molar refractivity (Wildman–Crippen MR) is 85.3 cm³/mol. The standard InChI is InChI=1S/C16H14BrClO3/c1-16(19,12-4-3-11(17)9-13(12)18)10-2-5-14-15(8-10)21-7-6-20-14/h2-5,8-9,19H,6-7H2,1H3. The Labute approximate surface area is 136 Å². The zero-order valence-corrected chi connectivity index (χ0v) is 13.7. The van der Waals surface area contributed by atoms with Crippen molar-refractivity contribution in [2.75, 3.05) is 13.2 Å². The highest BCUT2D eigenvalue weighted by Gasteiger charge is 2.29. The number of halogens is 2. The molecule has 0 fully saturated rings. The molecule has 0 radical (unpaired) electrons. The zero-order valence-electron chi connectivity index (χ0n) is 11.4. The van der Waals surface area contributed by atoms with E-state index in [9.17, 15) is 5.11 Å². The first kappa shape index (κ1) is 14.7. The summed E-state index contributed by atoms with van der Waals surface area (Å²) in [6.45, 7) is 2.77. The van der Waals surface area contributed by atoms with E-state index < -0.39 is 5.60 Å². The first-order valence-electron chi connectivity index (χ1n) is 6.56. The number of fused-ring (bicyclic) bond motifs is 1. The molecule has 0 saturated heterocycles. The molecule has 0 spiro atoms. The van der Waals surface area contributed by atoms with Gasteiger partial charge in [0, 0.05) is 15.1 Å². The molecule has 1 N–H and O–H groups in total. The number of hydrogen-bond donors (Lipinski definition) is 1. The lowest BCUT2D eigenvalue weighted by Crippen LogP contribution is -2.24. The molecular weight excluding hydrogens is 356 g/mol. The highest BCUT2D eigenvalue weighted by molar-refractivity contribution is 9.10. The minimum absolute atomic E-state index is 0.504. The maximum Gasteiger partial charge on any atom is 0.161 e. The Morgan fingerprint density at radius 3 is 2.52 bits per heavy atom. The second kappa shape index (κ2) is 5.52. The third-order valence-electron chi connectivity index (χ3n) is 3.56. The average Bonchev–Trinajstić information content (AvgIpc) is 2.46. The molecule has 0 amide bonds. The van der Waals surface area contributed by atoms with Crippen molar-refractivity contribution in [3.05, 3.63) is 57.0 Å². The van der Waals surface area contributed by atoms with E-state index in [1.54, 1.807) is 19.1 Å². The normalized spacial score (nSPS) is 16.4. The minimum atomic E-state index is -1.21. The van der Waals surface area contributed by atoms with E-state index >= 15 is 0 Å². The first-order valence-corrected chi connectivity index (χ1v) is 7.73. The number of ether oxygens (including phenoxy) is 2. The Hall–Kier alpha value is -1.23. The maximum absolute atomic E-state index is 10.9. The van der Waals surface area contributed by atoms with Crippen molar-refractivity contribution in [3.8, 4) is 11.5 Å². The summed E-state index contributed by atoms with van der Waals surface area (Å²) in [6, 6.07) is 10.9. The summed E-state index contributed by atoms with van der Waals surface area (Å²) in [7, 11) is 0. The first-order chi connectivity index (χ1) is 9.98. The summed E-state index contributed by atoms with van der Waals surface area (Å²) >= 11 is 9.63. The van der Waals surface area contributed by atoms with E-state index in [2.05, 4.69) is 15.9 Å². The minimum Gasteiger partial charge on any atom is -0.486 e. The maximum atomic E-state index is 10.9. The number of benzene rings is 2. The summed E-state index contributed by atoms with van der Waals surface area (Å²) in [6.07, 6.45) is 0. The molecule has 3 nitrogen and oxygen atoms in total.